The number of fused-ring (bicyclic) bond motifs is 1. The molecule has 3 N–H and O–H groups in total. The molecule has 9 heteroatoms. The maximum Gasteiger partial charge on any atom is 0.253 e. The summed E-state index contributed by atoms with van der Waals surface area (Å²) < 4.78 is 5.28. The average molecular weight is 382 g/mol. The van der Waals surface area contributed by atoms with E-state index in [0.717, 1.165) is 31.1 Å². The fourth-order valence-corrected chi connectivity index (χ4v) is 3.37. The highest BCUT2D eigenvalue weighted by Crippen LogP contribution is 2.22. The number of carbonyl (C=O) groups is 1. The fraction of sp³-hybridized carbons (Fsp3) is 0.421. The van der Waals surface area contributed by atoms with E-state index in [1.54, 1.807) is 25.3 Å². The summed E-state index contributed by atoms with van der Waals surface area (Å²) in [5.74, 6) is 1.02. The number of nitrogens with one attached hydrogen (secondary N) is 2. The first-order valence-corrected chi connectivity index (χ1v) is 9.36. The number of amides is 1. The number of hydrogen-bond donors (Lipinski definition) is 3. The molecule has 1 fully saturated rings. The summed E-state index contributed by atoms with van der Waals surface area (Å²) in [4.78, 5) is 21.6. The standard InChI is InChI=1S/C19H22N6O3/c1-11-24-25-16(28-11)10-20-18(27)15-4-2-3-12-9-21-19(23-17(12)15)22-13-5-7-14(26)8-6-13/h2-4,9,13-14,26H,5-8,10H2,1H3,(H,20,27)(H,21,22,23)/t13-,14-. The van der Waals surface area contributed by atoms with Gasteiger partial charge in [0.05, 0.1) is 23.7 Å². The Morgan fingerprint density at radius 1 is 1.25 bits per heavy atom. The summed E-state index contributed by atoms with van der Waals surface area (Å²) >= 11 is 0. The van der Waals surface area contributed by atoms with Crippen LogP contribution < -0.4 is 10.6 Å². The van der Waals surface area contributed by atoms with E-state index in [2.05, 4.69) is 30.8 Å². The molecule has 1 aliphatic rings. The summed E-state index contributed by atoms with van der Waals surface area (Å²) in [5.41, 5.74) is 1.04. The lowest BCUT2D eigenvalue weighted by Gasteiger charge is -2.26. The van der Waals surface area contributed by atoms with Crippen molar-refractivity contribution >= 4 is 22.8 Å². The second kappa shape index (κ2) is 7.89. The SMILES string of the molecule is Cc1nnc(CNC(=O)c2cccc3cnc(N[C@H]4CC[C@H](O)CC4)nc23)o1. The van der Waals surface area contributed by atoms with Crippen LogP contribution in [0, 0.1) is 6.92 Å². The van der Waals surface area contributed by atoms with Crippen LogP contribution >= 0.6 is 0 Å². The molecule has 0 spiro atoms. The van der Waals surface area contributed by atoms with Crippen molar-refractivity contribution in [1.82, 2.24) is 25.5 Å². The van der Waals surface area contributed by atoms with E-state index in [4.69, 9.17) is 4.42 Å². The molecule has 1 aromatic carbocycles. The van der Waals surface area contributed by atoms with Crippen molar-refractivity contribution in [2.45, 2.75) is 51.3 Å². The molecule has 3 aromatic rings. The normalized spacial score (nSPS) is 19.5. The molecule has 1 amide bonds. The van der Waals surface area contributed by atoms with Crippen LogP contribution in [0.15, 0.2) is 28.8 Å². The van der Waals surface area contributed by atoms with Crippen LogP contribution in [-0.4, -0.2) is 43.3 Å². The maximum atomic E-state index is 12.7. The van der Waals surface area contributed by atoms with Gasteiger partial charge >= 0.3 is 0 Å². The van der Waals surface area contributed by atoms with Crippen LogP contribution in [0.1, 0.15) is 47.8 Å². The van der Waals surface area contributed by atoms with E-state index in [-0.39, 0.29) is 24.6 Å². The van der Waals surface area contributed by atoms with Crippen LogP contribution in [0.4, 0.5) is 5.95 Å². The molecule has 0 radical (unpaired) electrons. The lowest BCUT2D eigenvalue weighted by molar-refractivity contribution is 0.0948. The third-order valence-corrected chi connectivity index (χ3v) is 4.85. The van der Waals surface area contributed by atoms with Crippen LogP contribution in [0.5, 0.6) is 0 Å². The van der Waals surface area contributed by atoms with Gasteiger partial charge in [0, 0.05) is 24.5 Å². The minimum Gasteiger partial charge on any atom is -0.424 e. The lowest BCUT2D eigenvalue weighted by Crippen LogP contribution is -2.29. The molecule has 9 nitrogen and oxygen atoms in total. The second-order valence-corrected chi connectivity index (χ2v) is 6.98. The fourth-order valence-electron chi connectivity index (χ4n) is 3.37. The minimum atomic E-state index is -0.271. The predicted molar refractivity (Wildman–Crippen MR) is 102 cm³/mol. The number of benzene rings is 1. The molecule has 4 rings (SSSR count). The number of rotatable bonds is 5. The van der Waals surface area contributed by atoms with Gasteiger partial charge in [-0.25, -0.2) is 9.97 Å². The van der Waals surface area contributed by atoms with Gasteiger partial charge < -0.3 is 20.2 Å². The number of aryl methyl sites for hydroxylation is 1. The van der Waals surface area contributed by atoms with Gasteiger partial charge in [-0.1, -0.05) is 12.1 Å². The van der Waals surface area contributed by atoms with Crippen LogP contribution in [0.3, 0.4) is 0 Å². The number of hydrogen-bond acceptors (Lipinski definition) is 8. The highest BCUT2D eigenvalue weighted by atomic mass is 16.4. The van der Waals surface area contributed by atoms with E-state index in [0.29, 0.717) is 28.8 Å². The number of aromatic nitrogens is 4. The third kappa shape index (κ3) is 4.09. The highest BCUT2D eigenvalue weighted by molar-refractivity contribution is 6.05. The first-order valence-electron chi connectivity index (χ1n) is 9.36. The molecule has 1 saturated carbocycles. The summed E-state index contributed by atoms with van der Waals surface area (Å²) in [6.45, 7) is 1.85. The van der Waals surface area contributed by atoms with E-state index < -0.39 is 0 Å². The lowest BCUT2D eigenvalue weighted by atomic mass is 9.93. The van der Waals surface area contributed by atoms with E-state index in [1.165, 1.54) is 0 Å². The number of nitrogens with zero attached hydrogens (tertiary/aromatic N) is 4. The summed E-state index contributed by atoms with van der Waals surface area (Å²) in [5, 5.41) is 24.2. The minimum absolute atomic E-state index is 0.149. The van der Waals surface area contributed by atoms with E-state index in [9.17, 15) is 9.90 Å². The van der Waals surface area contributed by atoms with E-state index in [1.807, 2.05) is 6.07 Å². The Morgan fingerprint density at radius 2 is 2.07 bits per heavy atom. The van der Waals surface area contributed by atoms with Crippen molar-refractivity contribution in [3.8, 4) is 0 Å². The molecule has 28 heavy (non-hydrogen) atoms. The largest absolute Gasteiger partial charge is 0.424 e. The zero-order valence-corrected chi connectivity index (χ0v) is 15.6. The molecule has 2 aromatic heterocycles. The van der Waals surface area contributed by atoms with Crippen LogP contribution in [0.2, 0.25) is 0 Å². The number of para-hydroxylation sites is 1. The van der Waals surface area contributed by atoms with Gasteiger partial charge in [0.15, 0.2) is 0 Å². The molecule has 2 heterocycles. The Labute approximate surface area is 161 Å². The van der Waals surface area contributed by atoms with Gasteiger partial charge in [0.2, 0.25) is 17.7 Å². The Hall–Kier alpha value is -3.07. The van der Waals surface area contributed by atoms with Crippen molar-refractivity contribution in [2.75, 3.05) is 5.32 Å². The zero-order chi connectivity index (χ0) is 19.5. The molecule has 0 aliphatic heterocycles. The number of carbonyl (C=O) groups excluding carboxylic acids is 1. The third-order valence-electron chi connectivity index (χ3n) is 4.85. The summed E-state index contributed by atoms with van der Waals surface area (Å²) in [6.07, 6.45) is 4.78. The summed E-state index contributed by atoms with van der Waals surface area (Å²) in [6, 6.07) is 5.62. The summed E-state index contributed by atoms with van der Waals surface area (Å²) in [7, 11) is 0. The van der Waals surface area contributed by atoms with Gasteiger partial charge in [0.25, 0.3) is 5.91 Å². The average Bonchev–Trinajstić information content (AvgIpc) is 3.12. The van der Waals surface area contributed by atoms with Crippen molar-refractivity contribution in [2.24, 2.45) is 0 Å². The molecular formula is C19H22N6O3. The number of anilines is 1. The molecular weight excluding hydrogens is 360 g/mol. The van der Waals surface area contributed by atoms with Gasteiger partial charge in [-0.3, -0.25) is 4.79 Å². The maximum absolute atomic E-state index is 12.7. The van der Waals surface area contributed by atoms with Crippen molar-refractivity contribution in [3.05, 3.63) is 41.7 Å². The zero-order valence-electron chi connectivity index (χ0n) is 15.6. The Balaban J connectivity index is 1.51. The quantitative estimate of drug-likeness (QED) is 0.611. The molecule has 0 atom stereocenters. The van der Waals surface area contributed by atoms with E-state index >= 15 is 0 Å². The Morgan fingerprint density at radius 3 is 2.82 bits per heavy atom. The highest BCUT2D eigenvalue weighted by Gasteiger charge is 2.20. The van der Waals surface area contributed by atoms with Gasteiger partial charge in [0.1, 0.15) is 0 Å². The van der Waals surface area contributed by atoms with Gasteiger partial charge in [-0.15, -0.1) is 10.2 Å². The van der Waals surface area contributed by atoms with Gasteiger partial charge in [-0.05, 0) is 31.7 Å². The van der Waals surface area contributed by atoms with Crippen molar-refractivity contribution in [3.63, 3.8) is 0 Å². The smallest absolute Gasteiger partial charge is 0.253 e. The molecule has 146 valence electrons. The topological polar surface area (TPSA) is 126 Å². The molecule has 0 saturated heterocycles. The molecule has 1 aliphatic carbocycles. The number of aliphatic hydroxyl groups excluding tert-OH is 1. The molecule has 0 bridgehead atoms. The Bertz CT molecular complexity index is 981. The number of aliphatic hydroxyl groups is 1. The predicted octanol–water partition coefficient (Wildman–Crippen LogP) is 1.97. The first-order chi connectivity index (χ1) is 13.6. The Kier molecular flexibility index (Phi) is 5.16. The van der Waals surface area contributed by atoms with Crippen molar-refractivity contribution in [1.29, 1.82) is 0 Å². The monoisotopic (exact) mass is 382 g/mol. The van der Waals surface area contributed by atoms with Crippen molar-refractivity contribution < 1.29 is 14.3 Å². The first kappa shape index (κ1) is 18.3. The second-order valence-electron chi connectivity index (χ2n) is 6.98. The van der Waals surface area contributed by atoms with Gasteiger partial charge in [-0.2, -0.15) is 0 Å². The van der Waals surface area contributed by atoms with Crippen LogP contribution in [-0.2, 0) is 6.54 Å². The molecule has 0 unspecified atom stereocenters. The van der Waals surface area contributed by atoms with Crippen LogP contribution in [0.25, 0.3) is 10.9 Å².